The lowest BCUT2D eigenvalue weighted by molar-refractivity contribution is 0.373. The van der Waals surface area contributed by atoms with Crippen molar-refractivity contribution in [2.24, 2.45) is 7.05 Å². The van der Waals surface area contributed by atoms with Gasteiger partial charge >= 0.3 is 0 Å². The second-order valence-electron chi connectivity index (χ2n) is 3.81. The Bertz CT molecular complexity index is 519. The molecular formula is C11H16N6O2. The number of nitrogens with zero attached hydrogens (tertiary/aromatic N) is 5. The highest BCUT2D eigenvalue weighted by Gasteiger charge is 2.06. The van der Waals surface area contributed by atoms with Crippen LogP contribution in [-0.2, 0) is 13.5 Å². The van der Waals surface area contributed by atoms with Gasteiger partial charge in [0, 0.05) is 20.0 Å². The van der Waals surface area contributed by atoms with Crippen LogP contribution in [0.15, 0.2) is 12.4 Å². The van der Waals surface area contributed by atoms with Crippen LogP contribution < -0.4 is 14.8 Å². The molecule has 1 N–H and O–H groups in total. The van der Waals surface area contributed by atoms with Gasteiger partial charge in [-0.25, -0.2) is 0 Å². The van der Waals surface area contributed by atoms with Gasteiger partial charge in [-0.05, 0) is 0 Å². The van der Waals surface area contributed by atoms with Crippen molar-refractivity contribution in [3.63, 3.8) is 0 Å². The summed E-state index contributed by atoms with van der Waals surface area (Å²) in [6.45, 7) is 0.642. The zero-order valence-corrected chi connectivity index (χ0v) is 11.1. The SMILES string of the molecule is COc1cc(OC)nc(NCCc2nncn2C)n1. The molecule has 102 valence electrons. The Labute approximate surface area is 110 Å². The zero-order valence-electron chi connectivity index (χ0n) is 11.1. The summed E-state index contributed by atoms with van der Waals surface area (Å²) in [6.07, 6.45) is 2.39. The van der Waals surface area contributed by atoms with E-state index in [9.17, 15) is 0 Å². The summed E-state index contributed by atoms with van der Waals surface area (Å²) in [5.74, 6) is 2.25. The molecule has 0 bridgehead atoms. The molecular weight excluding hydrogens is 248 g/mol. The fourth-order valence-corrected chi connectivity index (χ4v) is 1.51. The van der Waals surface area contributed by atoms with Gasteiger partial charge in [-0.3, -0.25) is 0 Å². The van der Waals surface area contributed by atoms with Crippen molar-refractivity contribution in [2.75, 3.05) is 26.1 Å². The van der Waals surface area contributed by atoms with E-state index in [1.165, 1.54) is 0 Å². The predicted octanol–water partition coefficient (Wildman–Crippen LogP) is 0.277. The smallest absolute Gasteiger partial charge is 0.229 e. The van der Waals surface area contributed by atoms with E-state index in [0.29, 0.717) is 24.3 Å². The van der Waals surface area contributed by atoms with E-state index in [1.54, 1.807) is 26.6 Å². The minimum atomic E-state index is 0.452. The lowest BCUT2D eigenvalue weighted by atomic mass is 10.4. The number of methoxy groups -OCH3 is 2. The Hall–Kier alpha value is -2.38. The number of ether oxygens (including phenoxy) is 2. The van der Waals surface area contributed by atoms with Gasteiger partial charge < -0.3 is 19.4 Å². The van der Waals surface area contributed by atoms with Crippen LogP contribution in [0.25, 0.3) is 0 Å². The Morgan fingerprint density at radius 3 is 2.42 bits per heavy atom. The van der Waals surface area contributed by atoms with Crippen molar-refractivity contribution in [3.8, 4) is 11.8 Å². The Morgan fingerprint density at radius 1 is 1.21 bits per heavy atom. The minimum Gasteiger partial charge on any atom is -0.481 e. The molecule has 0 aromatic carbocycles. The van der Waals surface area contributed by atoms with Crippen LogP contribution in [0.5, 0.6) is 11.8 Å². The van der Waals surface area contributed by atoms with E-state index in [0.717, 1.165) is 12.2 Å². The van der Waals surface area contributed by atoms with Crippen LogP contribution >= 0.6 is 0 Å². The molecule has 19 heavy (non-hydrogen) atoms. The second kappa shape index (κ2) is 5.98. The quantitative estimate of drug-likeness (QED) is 0.801. The molecule has 0 atom stereocenters. The summed E-state index contributed by atoms with van der Waals surface area (Å²) in [6, 6.07) is 1.62. The average Bonchev–Trinajstić information content (AvgIpc) is 2.84. The number of hydrogen-bond donors (Lipinski definition) is 1. The molecule has 8 nitrogen and oxygen atoms in total. The normalized spacial score (nSPS) is 10.3. The van der Waals surface area contributed by atoms with Crippen LogP contribution in [0.4, 0.5) is 5.95 Å². The predicted molar refractivity (Wildman–Crippen MR) is 68.3 cm³/mol. The minimum absolute atomic E-state index is 0.452. The van der Waals surface area contributed by atoms with E-state index in [4.69, 9.17) is 9.47 Å². The molecule has 0 spiro atoms. The summed E-state index contributed by atoms with van der Waals surface area (Å²) >= 11 is 0. The molecule has 0 fully saturated rings. The molecule has 0 aliphatic carbocycles. The van der Waals surface area contributed by atoms with Gasteiger partial charge in [-0.1, -0.05) is 0 Å². The molecule has 2 aromatic heterocycles. The second-order valence-corrected chi connectivity index (χ2v) is 3.81. The molecule has 0 aliphatic heterocycles. The Morgan fingerprint density at radius 2 is 1.89 bits per heavy atom. The lowest BCUT2D eigenvalue weighted by Gasteiger charge is -2.08. The maximum absolute atomic E-state index is 5.07. The third-order valence-electron chi connectivity index (χ3n) is 2.53. The first-order chi connectivity index (χ1) is 9.22. The largest absolute Gasteiger partial charge is 0.481 e. The van der Waals surface area contributed by atoms with Gasteiger partial charge in [-0.15, -0.1) is 10.2 Å². The van der Waals surface area contributed by atoms with Gasteiger partial charge in [-0.2, -0.15) is 9.97 Å². The molecule has 2 rings (SSSR count). The lowest BCUT2D eigenvalue weighted by Crippen LogP contribution is -2.11. The molecule has 0 amide bonds. The molecule has 0 radical (unpaired) electrons. The molecule has 0 unspecified atom stereocenters. The van der Waals surface area contributed by atoms with E-state index < -0.39 is 0 Å². The summed E-state index contributed by atoms with van der Waals surface area (Å²) in [5.41, 5.74) is 0. The molecule has 0 saturated carbocycles. The molecule has 2 heterocycles. The van der Waals surface area contributed by atoms with E-state index in [2.05, 4.69) is 25.5 Å². The number of rotatable bonds is 6. The maximum atomic E-state index is 5.07. The monoisotopic (exact) mass is 264 g/mol. The Kier molecular flexibility index (Phi) is 4.11. The molecule has 0 saturated heterocycles. The van der Waals surface area contributed by atoms with Crippen molar-refractivity contribution in [3.05, 3.63) is 18.2 Å². The molecule has 0 aliphatic rings. The van der Waals surface area contributed by atoms with Gasteiger partial charge in [0.05, 0.1) is 20.3 Å². The van der Waals surface area contributed by atoms with Gasteiger partial charge in [0.25, 0.3) is 0 Å². The highest BCUT2D eigenvalue weighted by molar-refractivity contribution is 5.33. The van der Waals surface area contributed by atoms with E-state index in [-0.39, 0.29) is 0 Å². The fourth-order valence-electron chi connectivity index (χ4n) is 1.51. The van der Waals surface area contributed by atoms with Crippen LogP contribution in [0, 0.1) is 0 Å². The van der Waals surface area contributed by atoms with Crippen LogP contribution in [-0.4, -0.2) is 45.5 Å². The number of aryl methyl sites for hydroxylation is 1. The highest BCUT2D eigenvalue weighted by atomic mass is 16.5. The number of aromatic nitrogens is 5. The van der Waals surface area contributed by atoms with Crippen LogP contribution in [0.2, 0.25) is 0 Å². The van der Waals surface area contributed by atoms with E-state index >= 15 is 0 Å². The fraction of sp³-hybridized carbons (Fsp3) is 0.455. The first kappa shape index (κ1) is 13.1. The average molecular weight is 264 g/mol. The standard InChI is InChI=1S/C11H16N6O2/c1-17-7-13-16-8(17)4-5-12-11-14-9(18-2)6-10(15-11)19-3/h6-7H,4-5H2,1-3H3,(H,12,14,15). The van der Waals surface area contributed by atoms with Gasteiger partial charge in [0.15, 0.2) is 0 Å². The van der Waals surface area contributed by atoms with Crippen molar-refractivity contribution in [2.45, 2.75) is 6.42 Å². The third-order valence-corrected chi connectivity index (χ3v) is 2.53. The maximum Gasteiger partial charge on any atom is 0.229 e. The van der Waals surface area contributed by atoms with Crippen molar-refractivity contribution in [1.29, 1.82) is 0 Å². The summed E-state index contributed by atoms with van der Waals surface area (Å²) < 4.78 is 12.0. The van der Waals surface area contributed by atoms with Crippen LogP contribution in [0.3, 0.4) is 0 Å². The first-order valence-corrected chi connectivity index (χ1v) is 5.76. The van der Waals surface area contributed by atoms with Crippen molar-refractivity contribution >= 4 is 5.95 Å². The van der Waals surface area contributed by atoms with Crippen molar-refractivity contribution in [1.82, 2.24) is 24.7 Å². The number of hydrogen-bond acceptors (Lipinski definition) is 7. The molecule has 8 heteroatoms. The summed E-state index contributed by atoms with van der Waals surface area (Å²) in [4.78, 5) is 8.35. The highest BCUT2D eigenvalue weighted by Crippen LogP contribution is 2.17. The Balaban J connectivity index is 1.97. The van der Waals surface area contributed by atoms with Crippen LogP contribution in [0.1, 0.15) is 5.82 Å². The third kappa shape index (κ3) is 3.30. The molecule has 2 aromatic rings. The number of nitrogens with one attached hydrogen (secondary N) is 1. The zero-order chi connectivity index (χ0) is 13.7. The van der Waals surface area contributed by atoms with E-state index in [1.807, 2.05) is 11.6 Å². The number of anilines is 1. The van der Waals surface area contributed by atoms with Gasteiger partial charge in [0.2, 0.25) is 17.7 Å². The first-order valence-electron chi connectivity index (χ1n) is 5.76. The topological polar surface area (TPSA) is 87.0 Å². The van der Waals surface area contributed by atoms with Crippen molar-refractivity contribution < 1.29 is 9.47 Å². The van der Waals surface area contributed by atoms with Gasteiger partial charge in [0.1, 0.15) is 12.2 Å². The summed E-state index contributed by atoms with van der Waals surface area (Å²) in [7, 11) is 5.00. The summed E-state index contributed by atoms with van der Waals surface area (Å²) in [5, 5.41) is 10.9.